The van der Waals surface area contributed by atoms with Crippen LogP contribution in [0.3, 0.4) is 0 Å². The Morgan fingerprint density at radius 1 is 0.914 bits per heavy atom. The zero-order valence-corrected chi connectivity index (χ0v) is 19.8. The number of para-hydroxylation sites is 3. The van der Waals surface area contributed by atoms with Gasteiger partial charge in [0, 0.05) is 45.9 Å². The van der Waals surface area contributed by atoms with Crippen molar-refractivity contribution in [3.8, 4) is 0 Å². The molecule has 2 aliphatic rings. The first-order valence-electron chi connectivity index (χ1n) is 12.0. The first-order chi connectivity index (χ1) is 16.9. The number of nitrogens with zero attached hydrogens (tertiary/aromatic N) is 1. The van der Waals surface area contributed by atoms with Gasteiger partial charge in [0.1, 0.15) is 0 Å². The van der Waals surface area contributed by atoms with Gasteiger partial charge in [-0.25, -0.2) is 0 Å². The van der Waals surface area contributed by atoms with E-state index in [0.29, 0.717) is 17.6 Å². The number of H-pyrrole nitrogens is 1. The fourth-order valence-electron chi connectivity index (χ4n) is 5.54. The second kappa shape index (κ2) is 7.98. The third-order valence-electron chi connectivity index (χ3n) is 7.06. The zero-order chi connectivity index (χ0) is 24.2. The van der Waals surface area contributed by atoms with Gasteiger partial charge in [0.25, 0.3) is 5.91 Å². The molecule has 0 bridgehead atoms. The van der Waals surface area contributed by atoms with Gasteiger partial charge in [-0.1, -0.05) is 62.4 Å². The Bertz CT molecular complexity index is 1500. The number of ketones is 1. The molecule has 2 N–H and O–H groups in total. The minimum absolute atomic E-state index is 0.0812. The van der Waals surface area contributed by atoms with E-state index in [9.17, 15) is 9.59 Å². The molecule has 2 heterocycles. The van der Waals surface area contributed by atoms with Crippen molar-refractivity contribution in [2.75, 3.05) is 10.2 Å². The summed E-state index contributed by atoms with van der Waals surface area (Å²) in [6.07, 6.45) is 3.12. The Labute approximate surface area is 204 Å². The summed E-state index contributed by atoms with van der Waals surface area (Å²) in [6, 6.07) is 24.6. The van der Waals surface area contributed by atoms with Gasteiger partial charge in [-0.15, -0.1) is 0 Å². The highest BCUT2D eigenvalue weighted by Crippen LogP contribution is 2.49. The SMILES string of the molecule is CC1(C)CC(=O)C2=C(C1)Nc1ccccc1N(C(=O)c1ccccc1)C2c1c[nH]c2ccccc12. The molecule has 0 fully saturated rings. The summed E-state index contributed by atoms with van der Waals surface area (Å²) in [5.41, 5.74) is 5.48. The maximum atomic E-state index is 14.2. The topological polar surface area (TPSA) is 65.2 Å². The average molecular weight is 462 g/mol. The predicted molar refractivity (Wildman–Crippen MR) is 139 cm³/mol. The lowest BCUT2D eigenvalue weighted by atomic mass is 9.73. The van der Waals surface area contributed by atoms with Crippen LogP contribution in [-0.4, -0.2) is 16.7 Å². The van der Waals surface area contributed by atoms with Crippen molar-refractivity contribution >= 4 is 34.0 Å². The highest BCUT2D eigenvalue weighted by molar-refractivity contribution is 6.12. The number of aromatic amines is 1. The van der Waals surface area contributed by atoms with E-state index in [1.54, 1.807) is 0 Å². The van der Waals surface area contributed by atoms with Crippen LogP contribution in [0.1, 0.15) is 48.7 Å². The largest absolute Gasteiger partial charge is 0.361 e. The molecule has 6 rings (SSSR count). The summed E-state index contributed by atoms with van der Waals surface area (Å²) in [5, 5.41) is 4.59. The molecule has 1 aromatic heterocycles. The highest BCUT2D eigenvalue weighted by atomic mass is 16.2. The first kappa shape index (κ1) is 21.4. The van der Waals surface area contributed by atoms with E-state index in [-0.39, 0.29) is 17.1 Å². The normalized spacial score (nSPS) is 19.1. The van der Waals surface area contributed by atoms with Crippen molar-refractivity contribution in [1.82, 2.24) is 4.98 Å². The lowest BCUT2D eigenvalue weighted by Crippen LogP contribution is -2.39. The van der Waals surface area contributed by atoms with Crippen LogP contribution in [0.15, 0.2) is 96.3 Å². The van der Waals surface area contributed by atoms with Crippen LogP contribution in [0.4, 0.5) is 11.4 Å². The minimum Gasteiger partial charge on any atom is -0.361 e. The number of fused-ring (bicyclic) bond motifs is 2. The summed E-state index contributed by atoms with van der Waals surface area (Å²) in [4.78, 5) is 33.2. The number of amides is 1. The summed E-state index contributed by atoms with van der Waals surface area (Å²) in [5.74, 6) is -0.0563. The van der Waals surface area contributed by atoms with Crippen molar-refractivity contribution in [2.24, 2.45) is 5.41 Å². The average Bonchev–Trinajstić information content (AvgIpc) is 3.21. The molecule has 3 aromatic carbocycles. The quantitative estimate of drug-likeness (QED) is 0.352. The molecule has 0 spiro atoms. The monoisotopic (exact) mass is 461 g/mol. The zero-order valence-electron chi connectivity index (χ0n) is 19.8. The van der Waals surface area contributed by atoms with Crippen LogP contribution >= 0.6 is 0 Å². The van der Waals surface area contributed by atoms with Gasteiger partial charge in [-0.05, 0) is 42.2 Å². The second-order valence-corrected chi connectivity index (χ2v) is 10.2. The van der Waals surface area contributed by atoms with Gasteiger partial charge >= 0.3 is 0 Å². The van der Waals surface area contributed by atoms with Gasteiger partial charge in [0.15, 0.2) is 5.78 Å². The van der Waals surface area contributed by atoms with Gasteiger partial charge in [-0.3, -0.25) is 14.5 Å². The van der Waals surface area contributed by atoms with Crippen LogP contribution < -0.4 is 10.2 Å². The molecule has 0 saturated heterocycles. The molecular formula is C30H27N3O2. The van der Waals surface area contributed by atoms with Crippen LogP contribution in [0.5, 0.6) is 0 Å². The number of carbonyl (C=O) groups is 2. The van der Waals surface area contributed by atoms with E-state index in [1.807, 2.05) is 90.0 Å². The number of rotatable bonds is 2. The molecule has 0 radical (unpaired) electrons. The van der Waals surface area contributed by atoms with E-state index >= 15 is 0 Å². The summed E-state index contributed by atoms with van der Waals surface area (Å²) >= 11 is 0. The van der Waals surface area contributed by atoms with Crippen LogP contribution in [0.25, 0.3) is 10.9 Å². The number of carbonyl (C=O) groups excluding carboxylic acids is 2. The number of Topliss-reactive ketones (excluding diaryl/α,β-unsaturated/α-hetero) is 1. The Morgan fingerprint density at radius 3 is 2.46 bits per heavy atom. The van der Waals surface area contributed by atoms with E-state index in [2.05, 4.69) is 24.1 Å². The van der Waals surface area contributed by atoms with Gasteiger partial charge in [0.2, 0.25) is 0 Å². The van der Waals surface area contributed by atoms with Crippen molar-refractivity contribution in [1.29, 1.82) is 0 Å². The maximum absolute atomic E-state index is 14.2. The number of anilines is 2. The molecule has 0 saturated carbocycles. The first-order valence-corrected chi connectivity index (χ1v) is 12.0. The third kappa shape index (κ3) is 3.55. The fourth-order valence-corrected chi connectivity index (χ4v) is 5.54. The molecule has 5 nitrogen and oxygen atoms in total. The van der Waals surface area contributed by atoms with Crippen molar-refractivity contribution in [2.45, 2.75) is 32.7 Å². The van der Waals surface area contributed by atoms with E-state index in [1.165, 1.54) is 0 Å². The fraction of sp³-hybridized carbons (Fsp3) is 0.200. The standard InChI is InChI=1S/C30H27N3O2/c1-30(2)16-24-27(26(34)17-30)28(21-18-31-22-13-7-6-12-20(21)22)33(25-15-9-8-14-23(25)32-24)29(35)19-10-4-3-5-11-19/h3-15,18,28,31-32H,16-17H2,1-2H3. The number of hydrogen-bond donors (Lipinski definition) is 2. The number of hydrogen-bond acceptors (Lipinski definition) is 3. The molecule has 35 heavy (non-hydrogen) atoms. The summed E-state index contributed by atoms with van der Waals surface area (Å²) < 4.78 is 0. The van der Waals surface area contributed by atoms with Gasteiger partial charge in [-0.2, -0.15) is 0 Å². The van der Waals surface area contributed by atoms with Crippen molar-refractivity contribution in [3.05, 3.63) is 107 Å². The molecular weight excluding hydrogens is 434 g/mol. The molecule has 174 valence electrons. The third-order valence-corrected chi connectivity index (χ3v) is 7.06. The Kier molecular flexibility index (Phi) is 4.88. The number of allylic oxidation sites excluding steroid dienone is 1. The molecule has 1 aliphatic carbocycles. The van der Waals surface area contributed by atoms with Crippen LogP contribution in [0, 0.1) is 5.41 Å². The maximum Gasteiger partial charge on any atom is 0.259 e. The molecule has 5 heteroatoms. The lowest BCUT2D eigenvalue weighted by Gasteiger charge is -2.37. The Hall–Kier alpha value is -4.12. The predicted octanol–water partition coefficient (Wildman–Crippen LogP) is 6.62. The minimum atomic E-state index is -0.561. The molecule has 1 atom stereocenters. The molecule has 4 aromatic rings. The Balaban J connectivity index is 1.67. The van der Waals surface area contributed by atoms with Crippen molar-refractivity contribution < 1.29 is 9.59 Å². The number of nitrogens with one attached hydrogen (secondary N) is 2. The van der Waals surface area contributed by atoms with Gasteiger partial charge < -0.3 is 10.3 Å². The van der Waals surface area contributed by atoms with Crippen LogP contribution in [-0.2, 0) is 4.79 Å². The van der Waals surface area contributed by atoms with E-state index in [4.69, 9.17) is 0 Å². The van der Waals surface area contributed by atoms with E-state index < -0.39 is 6.04 Å². The molecule has 1 unspecified atom stereocenters. The Morgan fingerprint density at radius 2 is 1.63 bits per heavy atom. The van der Waals surface area contributed by atoms with Gasteiger partial charge in [0.05, 0.1) is 17.4 Å². The highest BCUT2D eigenvalue weighted by Gasteiger charge is 2.44. The number of benzene rings is 3. The molecule has 1 aliphatic heterocycles. The molecule has 1 amide bonds. The number of aromatic nitrogens is 1. The van der Waals surface area contributed by atoms with Crippen molar-refractivity contribution in [3.63, 3.8) is 0 Å². The smallest absolute Gasteiger partial charge is 0.259 e. The van der Waals surface area contributed by atoms with Crippen LogP contribution in [0.2, 0.25) is 0 Å². The summed E-state index contributed by atoms with van der Waals surface area (Å²) in [7, 11) is 0. The summed E-state index contributed by atoms with van der Waals surface area (Å²) in [6.45, 7) is 4.25. The lowest BCUT2D eigenvalue weighted by molar-refractivity contribution is -0.118. The second-order valence-electron chi connectivity index (χ2n) is 10.2. The van der Waals surface area contributed by atoms with E-state index in [0.717, 1.165) is 40.0 Å².